The van der Waals surface area contributed by atoms with Gasteiger partial charge < -0.3 is 19.3 Å². The lowest BCUT2D eigenvalue weighted by Gasteiger charge is -2.39. The second-order valence-electron chi connectivity index (χ2n) is 8.85. The molecule has 1 rings (SSSR count). The van der Waals surface area contributed by atoms with Crippen molar-refractivity contribution in [2.45, 2.75) is 92.1 Å². The molecule has 0 amide bonds. The Labute approximate surface area is 151 Å². The minimum absolute atomic E-state index is 0.232. The number of rotatable bonds is 5. The molecular formula is C19H34O6. The molecular weight excluding hydrogens is 324 g/mol. The van der Waals surface area contributed by atoms with Crippen molar-refractivity contribution in [3.8, 4) is 0 Å². The number of aliphatic hydroxyl groups excluding tert-OH is 1. The minimum atomic E-state index is -0.931. The number of carbonyl (C=O) groups is 2. The molecule has 1 aliphatic rings. The van der Waals surface area contributed by atoms with Crippen molar-refractivity contribution in [2.24, 2.45) is 10.8 Å². The third-order valence-corrected chi connectivity index (χ3v) is 4.02. The van der Waals surface area contributed by atoms with Crippen LogP contribution in [-0.4, -0.2) is 48.1 Å². The van der Waals surface area contributed by atoms with E-state index in [1.165, 1.54) is 0 Å². The van der Waals surface area contributed by atoms with Gasteiger partial charge in [-0.1, -0.05) is 6.92 Å². The summed E-state index contributed by atoms with van der Waals surface area (Å²) in [6.45, 7) is 13.1. The van der Waals surface area contributed by atoms with Gasteiger partial charge in [-0.2, -0.15) is 0 Å². The highest BCUT2D eigenvalue weighted by molar-refractivity contribution is 5.76. The van der Waals surface area contributed by atoms with Gasteiger partial charge in [0.25, 0.3) is 0 Å². The largest absolute Gasteiger partial charge is 0.462 e. The molecule has 1 saturated carbocycles. The van der Waals surface area contributed by atoms with Crippen LogP contribution in [0.4, 0.5) is 0 Å². The average Bonchev–Trinajstić information content (AvgIpc) is 2.45. The summed E-state index contributed by atoms with van der Waals surface area (Å²) in [7, 11) is 0. The van der Waals surface area contributed by atoms with Crippen LogP contribution in [0.2, 0.25) is 0 Å². The van der Waals surface area contributed by atoms with Gasteiger partial charge in [0.05, 0.1) is 16.9 Å². The van der Waals surface area contributed by atoms with Crippen LogP contribution in [0.15, 0.2) is 0 Å². The number of aliphatic hydroxyl groups is 1. The maximum Gasteiger partial charge on any atom is 0.311 e. The van der Waals surface area contributed by atoms with Crippen LogP contribution in [0.3, 0.4) is 0 Å². The SMILES string of the molecule is CCCO[C@H]1C[C@@H](OC(=O)C(C)(C)C)C[C@@H](O)[C@H]1OC(=O)C(C)(C)C. The summed E-state index contributed by atoms with van der Waals surface area (Å²) >= 11 is 0. The van der Waals surface area contributed by atoms with E-state index in [1.54, 1.807) is 41.5 Å². The highest BCUT2D eigenvalue weighted by Crippen LogP contribution is 2.30. The summed E-state index contributed by atoms with van der Waals surface area (Å²) in [4.78, 5) is 24.3. The van der Waals surface area contributed by atoms with Gasteiger partial charge in [0.1, 0.15) is 12.2 Å². The third-order valence-electron chi connectivity index (χ3n) is 4.02. The predicted molar refractivity (Wildman–Crippen MR) is 93.9 cm³/mol. The highest BCUT2D eigenvalue weighted by Gasteiger charge is 2.43. The van der Waals surface area contributed by atoms with Crippen LogP contribution < -0.4 is 0 Å². The first-order chi connectivity index (χ1) is 11.4. The van der Waals surface area contributed by atoms with Gasteiger partial charge in [0.15, 0.2) is 6.10 Å². The zero-order valence-electron chi connectivity index (χ0n) is 16.6. The molecule has 0 bridgehead atoms. The van der Waals surface area contributed by atoms with E-state index in [1.807, 2.05) is 6.92 Å². The second kappa shape index (κ2) is 8.49. The molecule has 6 nitrogen and oxygen atoms in total. The molecule has 0 unspecified atom stereocenters. The third kappa shape index (κ3) is 6.59. The Morgan fingerprint density at radius 2 is 1.48 bits per heavy atom. The quantitative estimate of drug-likeness (QED) is 0.761. The molecule has 0 spiro atoms. The topological polar surface area (TPSA) is 82.1 Å². The first kappa shape index (κ1) is 21.9. The Morgan fingerprint density at radius 1 is 0.960 bits per heavy atom. The normalized spacial score (nSPS) is 27.7. The minimum Gasteiger partial charge on any atom is -0.462 e. The van der Waals surface area contributed by atoms with Crippen molar-refractivity contribution in [2.75, 3.05) is 6.61 Å². The number of hydrogen-bond donors (Lipinski definition) is 1. The van der Waals surface area contributed by atoms with E-state index in [0.29, 0.717) is 13.0 Å². The number of ether oxygens (including phenoxy) is 3. The smallest absolute Gasteiger partial charge is 0.311 e. The van der Waals surface area contributed by atoms with Gasteiger partial charge in [-0.3, -0.25) is 9.59 Å². The molecule has 0 aromatic heterocycles. The fraction of sp³-hybridized carbons (Fsp3) is 0.895. The van der Waals surface area contributed by atoms with Crippen molar-refractivity contribution in [1.82, 2.24) is 0 Å². The fourth-order valence-corrected chi connectivity index (χ4v) is 2.45. The first-order valence-electron chi connectivity index (χ1n) is 9.08. The van der Waals surface area contributed by atoms with Crippen LogP contribution in [0.1, 0.15) is 67.7 Å². The number of carbonyl (C=O) groups excluding carboxylic acids is 2. The summed E-state index contributed by atoms with van der Waals surface area (Å²) in [5.74, 6) is -0.698. The molecule has 0 aromatic rings. The number of hydrogen-bond acceptors (Lipinski definition) is 6. The molecule has 0 aromatic carbocycles. The lowest BCUT2D eigenvalue weighted by molar-refractivity contribution is -0.198. The zero-order chi connectivity index (χ0) is 19.4. The lowest BCUT2D eigenvalue weighted by Crippen LogP contribution is -2.52. The van der Waals surface area contributed by atoms with E-state index in [-0.39, 0.29) is 18.4 Å². The predicted octanol–water partition coefficient (Wildman–Crippen LogP) is 2.85. The van der Waals surface area contributed by atoms with E-state index < -0.39 is 35.2 Å². The molecule has 146 valence electrons. The molecule has 1 fully saturated rings. The number of esters is 2. The summed E-state index contributed by atoms with van der Waals surface area (Å²) < 4.78 is 16.9. The van der Waals surface area contributed by atoms with Crippen molar-refractivity contribution in [3.05, 3.63) is 0 Å². The Hall–Kier alpha value is -1.14. The van der Waals surface area contributed by atoms with Gasteiger partial charge in [0.2, 0.25) is 0 Å². The Morgan fingerprint density at radius 3 is 1.96 bits per heavy atom. The van der Waals surface area contributed by atoms with Crippen molar-refractivity contribution in [1.29, 1.82) is 0 Å². The maximum absolute atomic E-state index is 12.2. The molecule has 0 saturated heterocycles. The van der Waals surface area contributed by atoms with Crippen LogP contribution >= 0.6 is 0 Å². The van der Waals surface area contributed by atoms with Crippen molar-refractivity contribution >= 4 is 11.9 Å². The van der Waals surface area contributed by atoms with Crippen LogP contribution in [0, 0.1) is 10.8 Å². The molecule has 1 aliphatic carbocycles. The summed E-state index contributed by atoms with van der Waals surface area (Å²) in [5.41, 5.74) is -1.27. The van der Waals surface area contributed by atoms with Gasteiger partial charge in [-0.05, 0) is 48.0 Å². The fourth-order valence-electron chi connectivity index (χ4n) is 2.45. The molecule has 6 heteroatoms. The van der Waals surface area contributed by atoms with Gasteiger partial charge in [-0.15, -0.1) is 0 Å². The molecule has 1 N–H and O–H groups in total. The van der Waals surface area contributed by atoms with Gasteiger partial charge >= 0.3 is 11.9 Å². The standard InChI is InChI=1S/C19H34O6/c1-8-9-23-14-11-12(24-16(21)18(2,3)4)10-13(20)15(14)25-17(22)19(5,6)7/h12-15,20H,8-11H2,1-7H3/t12-,13+,14-,15+/m0/s1. The Balaban J connectivity index is 2.83. The summed E-state index contributed by atoms with van der Waals surface area (Å²) in [5, 5.41) is 10.5. The Bertz CT molecular complexity index is 460. The van der Waals surface area contributed by atoms with E-state index >= 15 is 0 Å². The van der Waals surface area contributed by atoms with Crippen LogP contribution in [0.5, 0.6) is 0 Å². The zero-order valence-corrected chi connectivity index (χ0v) is 16.6. The Kier molecular flexibility index (Phi) is 7.44. The second-order valence-corrected chi connectivity index (χ2v) is 8.85. The van der Waals surface area contributed by atoms with Crippen molar-refractivity contribution < 1.29 is 28.9 Å². The summed E-state index contributed by atoms with van der Waals surface area (Å²) in [6.07, 6.45) is -1.18. The van der Waals surface area contributed by atoms with E-state index in [0.717, 1.165) is 6.42 Å². The first-order valence-corrected chi connectivity index (χ1v) is 9.08. The van der Waals surface area contributed by atoms with Crippen LogP contribution in [0.25, 0.3) is 0 Å². The monoisotopic (exact) mass is 358 g/mol. The molecule has 4 atom stereocenters. The molecule has 25 heavy (non-hydrogen) atoms. The van der Waals surface area contributed by atoms with E-state index in [9.17, 15) is 14.7 Å². The average molecular weight is 358 g/mol. The van der Waals surface area contributed by atoms with E-state index in [4.69, 9.17) is 14.2 Å². The molecule has 0 radical (unpaired) electrons. The lowest BCUT2D eigenvalue weighted by atomic mass is 9.88. The van der Waals surface area contributed by atoms with Gasteiger partial charge in [-0.25, -0.2) is 0 Å². The maximum atomic E-state index is 12.2. The highest BCUT2D eigenvalue weighted by atomic mass is 16.6. The molecule has 0 aliphatic heterocycles. The van der Waals surface area contributed by atoms with Crippen molar-refractivity contribution in [3.63, 3.8) is 0 Å². The van der Waals surface area contributed by atoms with E-state index in [2.05, 4.69) is 0 Å². The van der Waals surface area contributed by atoms with Crippen LogP contribution in [-0.2, 0) is 23.8 Å². The molecule has 0 heterocycles. The summed E-state index contributed by atoms with van der Waals surface area (Å²) in [6, 6.07) is 0. The van der Waals surface area contributed by atoms with Gasteiger partial charge in [0, 0.05) is 19.4 Å².